The third-order valence-corrected chi connectivity index (χ3v) is 8.38. The van der Waals surface area contributed by atoms with E-state index >= 15 is 0 Å². The maximum absolute atomic E-state index is 13.4. The smallest absolute Gasteiger partial charge is 0.263 e. The summed E-state index contributed by atoms with van der Waals surface area (Å²) in [7, 11) is -0.670. The normalized spacial score (nSPS) is 11.7. The number of ether oxygens (including phenoxy) is 1. The molecule has 0 spiro atoms. The molecular formula is C25H26N4O5S2. The number of carbonyl (C=O) groups is 1. The number of sulfonamides is 1. The Kier molecular flexibility index (Phi) is 7.25. The molecule has 0 unspecified atom stereocenters. The highest BCUT2D eigenvalue weighted by Gasteiger charge is 2.19. The average Bonchev–Trinajstić information content (AvgIpc) is 3.18. The highest BCUT2D eigenvalue weighted by Crippen LogP contribution is 2.36. The van der Waals surface area contributed by atoms with Crippen LogP contribution in [0.2, 0.25) is 0 Å². The minimum atomic E-state index is -3.57. The molecule has 2 aromatic heterocycles. The number of hydrogen-bond acceptors (Lipinski definition) is 7. The van der Waals surface area contributed by atoms with Crippen molar-refractivity contribution >= 4 is 43.2 Å². The van der Waals surface area contributed by atoms with Crippen LogP contribution in [0, 0.1) is 6.92 Å². The number of aromatic nitrogens is 2. The molecule has 0 aliphatic rings. The molecule has 0 fully saturated rings. The maximum Gasteiger partial charge on any atom is 0.263 e. The van der Waals surface area contributed by atoms with E-state index in [0.717, 1.165) is 26.1 Å². The monoisotopic (exact) mass is 526 g/mol. The summed E-state index contributed by atoms with van der Waals surface area (Å²) in [6, 6.07) is 13.4. The zero-order chi connectivity index (χ0) is 26.0. The summed E-state index contributed by atoms with van der Waals surface area (Å²) < 4.78 is 32.3. The van der Waals surface area contributed by atoms with Gasteiger partial charge in [0, 0.05) is 30.2 Å². The van der Waals surface area contributed by atoms with Crippen LogP contribution in [-0.4, -0.2) is 48.9 Å². The number of amides is 1. The van der Waals surface area contributed by atoms with Gasteiger partial charge in [0.05, 0.1) is 23.2 Å². The van der Waals surface area contributed by atoms with Crippen LogP contribution in [0.5, 0.6) is 5.75 Å². The zero-order valence-corrected chi connectivity index (χ0v) is 21.9. The lowest BCUT2D eigenvalue weighted by atomic mass is 10.0. The van der Waals surface area contributed by atoms with Crippen LogP contribution in [0.4, 0.5) is 5.69 Å². The Morgan fingerprint density at radius 3 is 2.39 bits per heavy atom. The van der Waals surface area contributed by atoms with Gasteiger partial charge in [-0.25, -0.2) is 17.7 Å². The number of thiophene rings is 1. The van der Waals surface area contributed by atoms with Crippen LogP contribution in [0.3, 0.4) is 0 Å². The predicted molar refractivity (Wildman–Crippen MR) is 141 cm³/mol. The van der Waals surface area contributed by atoms with Crippen molar-refractivity contribution in [2.24, 2.45) is 0 Å². The lowest BCUT2D eigenvalue weighted by molar-refractivity contribution is -0.116. The second-order valence-electron chi connectivity index (χ2n) is 8.21. The minimum absolute atomic E-state index is 0.117. The van der Waals surface area contributed by atoms with Crippen molar-refractivity contribution in [1.82, 2.24) is 13.9 Å². The van der Waals surface area contributed by atoms with Crippen molar-refractivity contribution in [3.63, 3.8) is 0 Å². The maximum atomic E-state index is 13.4. The van der Waals surface area contributed by atoms with Crippen LogP contribution in [0.1, 0.15) is 11.8 Å². The van der Waals surface area contributed by atoms with Gasteiger partial charge in [-0.1, -0.05) is 12.1 Å². The first kappa shape index (κ1) is 25.5. The first-order valence-corrected chi connectivity index (χ1v) is 13.4. The van der Waals surface area contributed by atoms with Crippen molar-refractivity contribution in [1.29, 1.82) is 0 Å². The Balaban J connectivity index is 1.58. The number of carbonyl (C=O) groups excluding carboxylic acids is 1. The number of benzene rings is 2. The van der Waals surface area contributed by atoms with Gasteiger partial charge in [0.25, 0.3) is 5.56 Å². The number of hydrogen-bond donors (Lipinski definition) is 1. The summed E-state index contributed by atoms with van der Waals surface area (Å²) in [6.07, 6.45) is 1.37. The summed E-state index contributed by atoms with van der Waals surface area (Å²) >= 11 is 1.43. The minimum Gasteiger partial charge on any atom is -0.494 e. The van der Waals surface area contributed by atoms with E-state index < -0.39 is 15.9 Å². The number of anilines is 1. The third-order valence-electron chi connectivity index (χ3n) is 5.54. The molecule has 0 saturated heterocycles. The van der Waals surface area contributed by atoms with Crippen molar-refractivity contribution in [3.8, 4) is 16.9 Å². The van der Waals surface area contributed by atoms with Crippen molar-refractivity contribution in [2.75, 3.05) is 26.0 Å². The van der Waals surface area contributed by atoms with E-state index in [1.807, 2.05) is 38.1 Å². The lowest BCUT2D eigenvalue weighted by Gasteiger charge is -2.12. The van der Waals surface area contributed by atoms with Gasteiger partial charge in [0.1, 0.15) is 17.1 Å². The SMILES string of the molecule is CCOc1ccc(-c2c(C)sc3ncn(CC(=O)Nc4ccc(S(=O)(=O)N(C)C)cc4)c(=O)c23)cc1. The molecule has 4 rings (SSSR count). The second kappa shape index (κ2) is 10.2. The molecular weight excluding hydrogens is 500 g/mol. The molecule has 1 amide bonds. The summed E-state index contributed by atoms with van der Waals surface area (Å²) in [6.45, 7) is 4.18. The van der Waals surface area contributed by atoms with Gasteiger partial charge in [-0.15, -0.1) is 11.3 Å². The molecule has 11 heteroatoms. The Morgan fingerprint density at radius 1 is 1.11 bits per heavy atom. The van der Waals surface area contributed by atoms with Crippen molar-refractivity contribution < 1.29 is 17.9 Å². The Labute approximate surface area is 213 Å². The fourth-order valence-corrected chi connectivity index (χ4v) is 5.66. The van der Waals surface area contributed by atoms with Gasteiger partial charge >= 0.3 is 0 Å². The van der Waals surface area contributed by atoms with E-state index in [-0.39, 0.29) is 17.0 Å². The Morgan fingerprint density at radius 2 is 1.78 bits per heavy atom. The van der Waals surface area contributed by atoms with Crippen molar-refractivity contribution in [2.45, 2.75) is 25.3 Å². The molecule has 0 bridgehead atoms. The molecule has 9 nitrogen and oxygen atoms in total. The highest BCUT2D eigenvalue weighted by molar-refractivity contribution is 7.89. The predicted octanol–water partition coefficient (Wildman–Crippen LogP) is 3.72. The van der Waals surface area contributed by atoms with E-state index in [2.05, 4.69) is 10.3 Å². The Bertz CT molecular complexity index is 1570. The first-order chi connectivity index (χ1) is 17.1. The largest absolute Gasteiger partial charge is 0.494 e. The molecule has 188 valence electrons. The van der Waals surface area contributed by atoms with Gasteiger partial charge in [-0.2, -0.15) is 0 Å². The number of aryl methyl sites for hydroxylation is 1. The van der Waals surface area contributed by atoms with Gasteiger partial charge in [-0.05, 0) is 55.8 Å². The molecule has 4 aromatic rings. The summed E-state index contributed by atoms with van der Waals surface area (Å²) in [5.74, 6) is 0.314. The number of nitrogens with zero attached hydrogens (tertiary/aromatic N) is 3. The van der Waals surface area contributed by atoms with Crippen molar-refractivity contribution in [3.05, 3.63) is 70.1 Å². The van der Waals surface area contributed by atoms with Crippen LogP contribution in [-0.2, 0) is 21.4 Å². The molecule has 2 aromatic carbocycles. The lowest BCUT2D eigenvalue weighted by Crippen LogP contribution is -2.27. The standard InChI is InChI=1S/C25H26N4O5S2/c1-5-34-19-10-6-17(7-11-19)22-16(2)35-24-23(22)25(31)29(15-26-24)14-21(30)27-18-8-12-20(13-9-18)36(32,33)28(3)4/h6-13,15H,5,14H2,1-4H3,(H,27,30). The van der Waals surface area contributed by atoms with Crippen LogP contribution < -0.4 is 15.6 Å². The Hall–Kier alpha value is -3.54. The third kappa shape index (κ3) is 5.03. The summed E-state index contributed by atoms with van der Waals surface area (Å²) in [5.41, 5.74) is 1.77. The van der Waals surface area contributed by atoms with E-state index in [1.165, 1.54) is 60.6 Å². The molecule has 0 saturated carbocycles. The van der Waals surface area contributed by atoms with Crippen LogP contribution in [0.25, 0.3) is 21.3 Å². The van der Waals surface area contributed by atoms with Crippen LogP contribution in [0.15, 0.2) is 64.5 Å². The second-order valence-corrected chi connectivity index (χ2v) is 11.6. The number of fused-ring (bicyclic) bond motifs is 1. The van der Waals surface area contributed by atoms with E-state index in [9.17, 15) is 18.0 Å². The molecule has 0 aliphatic carbocycles. The topological polar surface area (TPSA) is 111 Å². The summed E-state index contributed by atoms with van der Waals surface area (Å²) in [4.78, 5) is 32.1. The first-order valence-electron chi connectivity index (χ1n) is 11.2. The van der Waals surface area contributed by atoms with E-state index in [4.69, 9.17) is 4.74 Å². The van der Waals surface area contributed by atoms with Gasteiger partial charge in [-0.3, -0.25) is 14.2 Å². The summed E-state index contributed by atoms with van der Waals surface area (Å²) in [5, 5.41) is 3.16. The molecule has 0 aliphatic heterocycles. The van der Waals surface area contributed by atoms with Crippen LogP contribution >= 0.6 is 11.3 Å². The fourth-order valence-electron chi connectivity index (χ4n) is 3.76. The number of rotatable bonds is 8. The average molecular weight is 527 g/mol. The number of nitrogens with one attached hydrogen (secondary N) is 1. The molecule has 1 N–H and O–H groups in total. The molecule has 0 atom stereocenters. The van der Waals surface area contributed by atoms with Gasteiger partial charge in [0.15, 0.2) is 0 Å². The van der Waals surface area contributed by atoms with E-state index in [1.54, 1.807) is 0 Å². The van der Waals surface area contributed by atoms with Gasteiger partial charge < -0.3 is 10.1 Å². The quantitative estimate of drug-likeness (QED) is 0.375. The fraction of sp³-hybridized carbons (Fsp3) is 0.240. The molecule has 0 radical (unpaired) electrons. The zero-order valence-electron chi connectivity index (χ0n) is 20.3. The van der Waals surface area contributed by atoms with Gasteiger partial charge in [0.2, 0.25) is 15.9 Å². The van der Waals surface area contributed by atoms with E-state index in [0.29, 0.717) is 22.5 Å². The molecule has 36 heavy (non-hydrogen) atoms. The highest BCUT2D eigenvalue weighted by atomic mass is 32.2. The molecule has 2 heterocycles.